The van der Waals surface area contributed by atoms with Crippen molar-refractivity contribution in [3.8, 4) is 11.6 Å². The number of pyridine rings is 1. The van der Waals surface area contributed by atoms with Crippen LogP contribution in [0.3, 0.4) is 0 Å². The van der Waals surface area contributed by atoms with Crippen LogP contribution in [0.2, 0.25) is 0 Å². The van der Waals surface area contributed by atoms with Gasteiger partial charge in [0.15, 0.2) is 11.5 Å². The summed E-state index contributed by atoms with van der Waals surface area (Å²) in [5, 5.41) is 3.97. The molecule has 0 spiro atoms. The Kier molecular flexibility index (Phi) is 5.49. The minimum Gasteiger partial charge on any atom is -0.491 e. The molecule has 8 heteroatoms. The van der Waals surface area contributed by atoms with E-state index in [1.54, 1.807) is 37.4 Å². The van der Waals surface area contributed by atoms with E-state index in [-0.39, 0.29) is 12.4 Å². The van der Waals surface area contributed by atoms with Crippen LogP contribution in [0.4, 0.5) is 11.4 Å². The third kappa shape index (κ3) is 3.75. The number of carbonyl (C=O) groups is 2. The van der Waals surface area contributed by atoms with Gasteiger partial charge < -0.3 is 24.5 Å². The highest BCUT2D eigenvalue weighted by Crippen LogP contribution is 2.32. The highest BCUT2D eigenvalue weighted by Gasteiger charge is 2.16. The third-order valence-electron chi connectivity index (χ3n) is 4.15. The second kappa shape index (κ2) is 7.99. The molecule has 3 aromatic rings. The summed E-state index contributed by atoms with van der Waals surface area (Å²) >= 11 is 0. The number of ketones is 1. The van der Waals surface area contributed by atoms with Gasteiger partial charge in [0.1, 0.15) is 5.69 Å². The first-order valence-corrected chi connectivity index (χ1v) is 8.66. The highest BCUT2D eigenvalue weighted by atomic mass is 16.5. The van der Waals surface area contributed by atoms with Crippen LogP contribution in [0.25, 0.3) is 10.9 Å². The fraction of sp³-hybridized carbons (Fsp3) is 0.250. The fourth-order valence-corrected chi connectivity index (χ4v) is 2.82. The zero-order chi connectivity index (χ0) is 20.3. The molecular formula is C20H21N3O5. The molecule has 0 fully saturated rings. The molecule has 0 unspecified atom stereocenters. The second-order valence-electron chi connectivity index (χ2n) is 6.01. The number of nitrogens with one attached hydrogen (secondary N) is 2. The first-order valence-electron chi connectivity index (χ1n) is 8.66. The smallest absolute Gasteiger partial charge is 0.354 e. The van der Waals surface area contributed by atoms with Crippen molar-refractivity contribution < 1.29 is 23.8 Å². The van der Waals surface area contributed by atoms with Crippen molar-refractivity contribution >= 4 is 34.0 Å². The van der Waals surface area contributed by atoms with E-state index in [1.807, 2.05) is 0 Å². The topological polar surface area (TPSA) is 103 Å². The van der Waals surface area contributed by atoms with Crippen molar-refractivity contribution in [1.82, 2.24) is 9.97 Å². The molecule has 0 saturated heterocycles. The van der Waals surface area contributed by atoms with Crippen molar-refractivity contribution in [2.45, 2.75) is 13.8 Å². The fourth-order valence-electron chi connectivity index (χ4n) is 2.82. The Hall–Kier alpha value is -3.55. The minimum atomic E-state index is -0.457. The van der Waals surface area contributed by atoms with Gasteiger partial charge in [-0.25, -0.2) is 9.78 Å². The maximum Gasteiger partial charge on any atom is 0.354 e. The number of esters is 1. The van der Waals surface area contributed by atoms with Crippen LogP contribution in [0.15, 0.2) is 30.5 Å². The van der Waals surface area contributed by atoms with E-state index in [2.05, 4.69) is 15.3 Å². The van der Waals surface area contributed by atoms with Crippen molar-refractivity contribution in [1.29, 1.82) is 0 Å². The Morgan fingerprint density at radius 2 is 1.93 bits per heavy atom. The van der Waals surface area contributed by atoms with Crippen LogP contribution in [-0.4, -0.2) is 42.5 Å². The lowest BCUT2D eigenvalue weighted by Gasteiger charge is -2.12. The van der Waals surface area contributed by atoms with Gasteiger partial charge in [-0.3, -0.25) is 4.79 Å². The lowest BCUT2D eigenvalue weighted by atomic mass is 10.1. The summed E-state index contributed by atoms with van der Waals surface area (Å²) in [5.74, 6) is 0.277. The van der Waals surface area contributed by atoms with Crippen LogP contribution >= 0.6 is 0 Å². The predicted octanol–water partition coefficient (Wildman–Crippen LogP) is 3.70. The molecule has 0 amide bonds. The SMILES string of the molecule is CCOC(=O)c1cc2c(Nc3cnc(OC)c(OC)c3)cc(C(C)=O)cc2[nH]1. The van der Waals surface area contributed by atoms with E-state index in [4.69, 9.17) is 14.2 Å². The number of anilines is 2. The Balaban J connectivity index is 2.08. The normalized spacial score (nSPS) is 10.6. The van der Waals surface area contributed by atoms with Gasteiger partial charge in [0.2, 0.25) is 0 Å². The van der Waals surface area contributed by atoms with Gasteiger partial charge in [0, 0.05) is 28.2 Å². The van der Waals surface area contributed by atoms with Crippen LogP contribution in [0.5, 0.6) is 11.6 Å². The van der Waals surface area contributed by atoms with Crippen LogP contribution < -0.4 is 14.8 Å². The lowest BCUT2D eigenvalue weighted by Crippen LogP contribution is -2.04. The summed E-state index contributed by atoms with van der Waals surface area (Å²) in [4.78, 5) is 31.2. The molecule has 8 nitrogen and oxygen atoms in total. The molecule has 0 aliphatic carbocycles. The van der Waals surface area contributed by atoms with Crippen molar-refractivity contribution in [3.63, 3.8) is 0 Å². The molecule has 3 rings (SSSR count). The number of hydrogen-bond donors (Lipinski definition) is 2. The van der Waals surface area contributed by atoms with Gasteiger partial charge in [-0.1, -0.05) is 0 Å². The largest absolute Gasteiger partial charge is 0.491 e. The molecule has 28 heavy (non-hydrogen) atoms. The molecule has 0 atom stereocenters. The van der Waals surface area contributed by atoms with Crippen molar-refractivity contribution in [2.24, 2.45) is 0 Å². The molecule has 0 radical (unpaired) electrons. The van der Waals surface area contributed by atoms with Gasteiger partial charge in [-0.15, -0.1) is 0 Å². The molecule has 0 saturated carbocycles. The first-order chi connectivity index (χ1) is 13.5. The monoisotopic (exact) mass is 383 g/mol. The Labute approximate surface area is 161 Å². The van der Waals surface area contributed by atoms with E-state index in [1.165, 1.54) is 21.1 Å². The zero-order valence-corrected chi connectivity index (χ0v) is 16.1. The number of nitrogens with zero attached hydrogens (tertiary/aromatic N) is 1. The number of rotatable bonds is 7. The standard InChI is InChI=1S/C20H21N3O5/c1-5-28-20(25)17-9-14-15(6-12(11(2)24)7-16(14)23-17)22-13-8-18(26-3)19(27-4)21-10-13/h6-10,22-23H,5H2,1-4H3. The van der Waals surface area contributed by atoms with Crippen LogP contribution in [0, 0.1) is 0 Å². The average molecular weight is 383 g/mol. The Morgan fingerprint density at radius 1 is 1.14 bits per heavy atom. The Bertz CT molecular complexity index is 1040. The third-order valence-corrected chi connectivity index (χ3v) is 4.15. The van der Waals surface area contributed by atoms with Gasteiger partial charge in [-0.05, 0) is 32.0 Å². The number of Topliss-reactive ketones (excluding diaryl/α,β-unsaturated/α-hetero) is 1. The number of carbonyl (C=O) groups excluding carboxylic acids is 2. The Morgan fingerprint density at radius 3 is 2.57 bits per heavy atom. The molecule has 0 aliphatic heterocycles. The maximum atomic E-state index is 12.1. The molecule has 2 heterocycles. The number of benzene rings is 1. The molecule has 0 aliphatic rings. The number of ether oxygens (including phenoxy) is 3. The molecule has 2 aromatic heterocycles. The number of methoxy groups -OCH3 is 2. The molecular weight excluding hydrogens is 362 g/mol. The van der Waals surface area contributed by atoms with Gasteiger partial charge in [0.25, 0.3) is 5.88 Å². The summed E-state index contributed by atoms with van der Waals surface area (Å²) in [6, 6.07) is 6.85. The number of aromatic nitrogens is 2. The average Bonchev–Trinajstić information content (AvgIpc) is 3.12. The number of fused-ring (bicyclic) bond motifs is 1. The van der Waals surface area contributed by atoms with Gasteiger partial charge >= 0.3 is 5.97 Å². The molecule has 146 valence electrons. The number of H-pyrrole nitrogens is 1. The molecule has 2 N–H and O–H groups in total. The quantitative estimate of drug-likeness (QED) is 0.474. The van der Waals surface area contributed by atoms with Gasteiger partial charge in [0.05, 0.1) is 32.7 Å². The summed E-state index contributed by atoms with van der Waals surface area (Å²) < 4.78 is 15.5. The van der Waals surface area contributed by atoms with E-state index < -0.39 is 5.97 Å². The maximum absolute atomic E-state index is 12.1. The first kappa shape index (κ1) is 19.2. The predicted molar refractivity (Wildman–Crippen MR) is 105 cm³/mol. The molecule has 0 bridgehead atoms. The molecule has 1 aromatic carbocycles. The van der Waals surface area contributed by atoms with Crippen LogP contribution in [-0.2, 0) is 4.74 Å². The number of aromatic amines is 1. The number of hydrogen-bond acceptors (Lipinski definition) is 7. The summed E-state index contributed by atoms with van der Waals surface area (Å²) in [6.07, 6.45) is 1.59. The summed E-state index contributed by atoms with van der Waals surface area (Å²) in [5.41, 5.74) is 2.74. The highest BCUT2D eigenvalue weighted by molar-refractivity contribution is 6.06. The van der Waals surface area contributed by atoms with Crippen molar-refractivity contribution in [3.05, 3.63) is 41.7 Å². The van der Waals surface area contributed by atoms with Gasteiger partial charge in [-0.2, -0.15) is 0 Å². The minimum absolute atomic E-state index is 0.0947. The van der Waals surface area contributed by atoms with E-state index in [9.17, 15) is 9.59 Å². The second-order valence-corrected chi connectivity index (χ2v) is 6.01. The zero-order valence-electron chi connectivity index (χ0n) is 16.1. The van der Waals surface area contributed by atoms with E-state index >= 15 is 0 Å². The van der Waals surface area contributed by atoms with E-state index in [0.717, 1.165) is 5.39 Å². The van der Waals surface area contributed by atoms with E-state index in [0.29, 0.717) is 39.8 Å². The summed E-state index contributed by atoms with van der Waals surface area (Å²) in [7, 11) is 3.03. The van der Waals surface area contributed by atoms with Crippen LogP contribution in [0.1, 0.15) is 34.7 Å². The lowest BCUT2D eigenvalue weighted by molar-refractivity contribution is 0.0520. The van der Waals surface area contributed by atoms with Crippen molar-refractivity contribution in [2.75, 3.05) is 26.1 Å². The summed E-state index contributed by atoms with van der Waals surface area (Å²) in [6.45, 7) is 3.50.